The number of anilines is 1. The van der Waals surface area contributed by atoms with Gasteiger partial charge in [-0.2, -0.15) is 31.3 Å². The number of aromatic nitrogens is 3. The van der Waals surface area contributed by atoms with Gasteiger partial charge in [-0.3, -0.25) is 9.26 Å². The molecule has 12 heteroatoms. The molecule has 1 fully saturated rings. The van der Waals surface area contributed by atoms with E-state index in [-0.39, 0.29) is 33.1 Å². The number of benzene rings is 1. The van der Waals surface area contributed by atoms with E-state index >= 15 is 0 Å². The first-order valence-electron chi connectivity index (χ1n) is 8.68. The Morgan fingerprint density at radius 1 is 1.24 bits per heavy atom. The Morgan fingerprint density at radius 3 is 2.24 bits per heavy atom. The van der Waals surface area contributed by atoms with Crippen LogP contribution in [0.25, 0.3) is 5.69 Å². The van der Waals surface area contributed by atoms with E-state index in [0.29, 0.717) is 11.1 Å². The maximum atomic E-state index is 13.2. The van der Waals surface area contributed by atoms with Gasteiger partial charge in [-0.15, -0.1) is 5.10 Å². The van der Waals surface area contributed by atoms with Crippen molar-refractivity contribution in [3.05, 3.63) is 29.1 Å². The van der Waals surface area contributed by atoms with Crippen molar-refractivity contribution in [3.8, 4) is 5.69 Å². The van der Waals surface area contributed by atoms with Crippen molar-refractivity contribution >= 4 is 16.1 Å². The molecule has 1 saturated carbocycles. The summed E-state index contributed by atoms with van der Waals surface area (Å²) in [6.07, 6.45) is -3.07. The van der Waals surface area contributed by atoms with Crippen molar-refractivity contribution in [3.63, 3.8) is 0 Å². The molecular weight excluding hydrogens is 416 g/mol. The molecule has 3 rings (SSSR count). The quantitative estimate of drug-likeness (QED) is 0.565. The zero-order valence-electron chi connectivity index (χ0n) is 16.2. The van der Waals surface area contributed by atoms with Gasteiger partial charge in [0.25, 0.3) is 15.9 Å². The van der Waals surface area contributed by atoms with Crippen LogP contribution in [0.15, 0.2) is 17.0 Å². The van der Waals surface area contributed by atoms with Crippen molar-refractivity contribution in [1.29, 1.82) is 0 Å². The van der Waals surface area contributed by atoms with Gasteiger partial charge in [0, 0.05) is 14.1 Å². The van der Waals surface area contributed by atoms with E-state index in [4.69, 9.17) is 0 Å². The minimum absolute atomic E-state index is 0. The zero-order valence-corrected chi connectivity index (χ0v) is 17.0. The first kappa shape index (κ1) is 23.1. The summed E-state index contributed by atoms with van der Waals surface area (Å²) >= 11 is 0. The van der Waals surface area contributed by atoms with E-state index in [0.717, 1.165) is 17.5 Å². The molecule has 7 nitrogen and oxygen atoms in total. The highest BCUT2D eigenvalue weighted by atomic mass is 32.2. The Morgan fingerprint density at radius 2 is 1.83 bits per heavy atom. The molecule has 1 aromatic carbocycles. The van der Waals surface area contributed by atoms with E-state index < -0.39 is 22.1 Å². The van der Waals surface area contributed by atoms with Crippen LogP contribution >= 0.6 is 0 Å². The summed E-state index contributed by atoms with van der Waals surface area (Å²) in [6.45, 7) is 3.56. The number of hydrogen-bond donors (Lipinski definition) is 1. The molecule has 0 saturated heterocycles. The molecule has 0 unspecified atom stereocenters. The molecule has 29 heavy (non-hydrogen) atoms. The Balaban J connectivity index is 0.00000300. The molecular formula is C17H22F4N4O3S. The second-order valence-electron chi connectivity index (χ2n) is 7.39. The maximum Gasteiger partial charge on any atom is 0.453 e. The average Bonchev–Trinajstić information content (AvgIpc) is 3.28. The molecule has 0 spiro atoms. The van der Waals surface area contributed by atoms with Crippen LogP contribution in [0.2, 0.25) is 0 Å². The number of hydrogen-bond acceptors (Lipinski definition) is 5. The predicted molar refractivity (Wildman–Crippen MR) is 99.1 cm³/mol. The molecule has 0 amide bonds. The highest BCUT2D eigenvalue weighted by Gasteiger charge is 2.39. The lowest BCUT2D eigenvalue weighted by Crippen LogP contribution is -2.17. The Hall–Kier alpha value is -2.21. The standard InChI is InChI=1S/C17H21F3N4O3S.FH/c1-9(2)11-7-12(10-5-6-10)13(8-14(11)28(25,26)27)24-16(23(3)4)21-15(22-24)17(18,19)20;/h7-10H,5-6H2,1-4H3,(H,25,26,27);1H. The van der Waals surface area contributed by atoms with Gasteiger partial charge in [-0.1, -0.05) is 19.9 Å². The Kier molecular flexibility index (Phi) is 6.01. The van der Waals surface area contributed by atoms with Gasteiger partial charge in [0.2, 0.25) is 5.95 Å². The molecule has 0 bridgehead atoms. The van der Waals surface area contributed by atoms with Crippen molar-refractivity contribution < 1.29 is 30.8 Å². The highest BCUT2D eigenvalue weighted by Crippen LogP contribution is 2.45. The largest absolute Gasteiger partial charge is 0.453 e. The van der Waals surface area contributed by atoms with Crippen molar-refractivity contribution in [1.82, 2.24) is 14.8 Å². The van der Waals surface area contributed by atoms with Crippen LogP contribution in [-0.2, 0) is 16.3 Å². The second-order valence-corrected chi connectivity index (χ2v) is 8.78. The number of nitrogens with zero attached hydrogens (tertiary/aromatic N) is 4. The SMILES string of the molecule is CC(C)c1cc(C2CC2)c(-n2nc(C(F)(F)F)nc2N(C)C)cc1S(=O)(=O)O.F. The summed E-state index contributed by atoms with van der Waals surface area (Å²) in [5, 5.41) is 3.60. The first-order chi connectivity index (χ1) is 12.8. The minimum Gasteiger partial charge on any atom is -0.347 e. The van der Waals surface area contributed by atoms with E-state index in [1.54, 1.807) is 19.9 Å². The first-order valence-corrected chi connectivity index (χ1v) is 10.1. The summed E-state index contributed by atoms with van der Waals surface area (Å²) in [4.78, 5) is 4.59. The summed E-state index contributed by atoms with van der Waals surface area (Å²) in [5.41, 5.74) is 1.28. The molecule has 1 heterocycles. The van der Waals surface area contributed by atoms with Gasteiger partial charge in [-0.05, 0) is 41.9 Å². The molecule has 0 aliphatic heterocycles. The van der Waals surface area contributed by atoms with Gasteiger partial charge in [0.1, 0.15) is 0 Å². The van der Waals surface area contributed by atoms with Gasteiger partial charge in [-0.25, -0.2) is 0 Å². The van der Waals surface area contributed by atoms with Gasteiger partial charge in [0.05, 0.1) is 10.6 Å². The van der Waals surface area contributed by atoms with Crippen LogP contribution in [0.1, 0.15) is 55.5 Å². The van der Waals surface area contributed by atoms with E-state index in [1.165, 1.54) is 25.1 Å². The number of halogens is 4. The molecule has 0 atom stereocenters. The second kappa shape index (κ2) is 7.56. The van der Waals surface area contributed by atoms with Crippen LogP contribution in [-0.4, -0.2) is 41.8 Å². The van der Waals surface area contributed by atoms with Crippen LogP contribution in [0, 0.1) is 0 Å². The lowest BCUT2D eigenvalue weighted by molar-refractivity contribution is -0.144. The van der Waals surface area contributed by atoms with E-state index in [2.05, 4.69) is 10.1 Å². The Labute approximate surface area is 165 Å². The summed E-state index contributed by atoms with van der Waals surface area (Å²) in [5.74, 6) is -1.53. The van der Waals surface area contributed by atoms with Crippen LogP contribution in [0.5, 0.6) is 0 Å². The van der Waals surface area contributed by atoms with E-state index in [1.807, 2.05) is 0 Å². The Bertz CT molecular complexity index is 1010. The van der Waals surface area contributed by atoms with Crippen molar-refractivity contribution in [2.45, 2.75) is 49.6 Å². The monoisotopic (exact) mass is 438 g/mol. The minimum atomic E-state index is -4.75. The third-order valence-corrected chi connectivity index (χ3v) is 5.46. The van der Waals surface area contributed by atoms with Crippen LogP contribution in [0.3, 0.4) is 0 Å². The fourth-order valence-electron chi connectivity index (χ4n) is 3.06. The third kappa shape index (κ3) is 4.53. The fraction of sp³-hybridized carbons (Fsp3) is 0.529. The fourth-order valence-corrected chi connectivity index (χ4v) is 3.91. The van der Waals surface area contributed by atoms with Crippen molar-refractivity contribution in [2.75, 3.05) is 19.0 Å². The van der Waals surface area contributed by atoms with E-state index in [9.17, 15) is 26.1 Å². The topological polar surface area (TPSA) is 88.3 Å². The lowest BCUT2D eigenvalue weighted by atomic mass is 9.97. The molecule has 1 aliphatic rings. The third-order valence-electron chi connectivity index (χ3n) is 4.55. The summed E-state index contributed by atoms with van der Waals surface area (Å²) in [7, 11) is -1.55. The molecule has 2 aromatic rings. The van der Waals surface area contributed by atoms with Crippen molar-refractivity contribution in [2.24, 2.45) is 0 Å². The van der Waals surface area contributed by atoms with Crippen LogP contribution < -0.4 is 4.90 Å². The predicted octanol–water partition coefficient (Wildman–Crippen LogP) is 3.75. The lowest BCUT2D eigenvalue weighted by Gasteiger charge is -2.19. The number of rotatable bonds is 5. The molecule has 1 aliphatic carbocycles. The zero-order chi connectivity index (χ0) is 21.0. The summed E-state index contributed by atoms with van der Waals surface area (Å²) in [6, 6.07) is 2.84. The summed E-state index contributed by atoms with van der Waals surface area (Å²) < 4.78 is 74.1. The molecule has 162 valence electrons. The smallest absolute Gasteiger partial charge is 0.347 e. The molecule has 1 aromatic heterocycles. The van der Waals surface area contributed by atoms with Gasteiger partial charge in [0.15, 0.2) is 0 Å². The highest BCUT2D eigenvalue weighted by molar-refractivity contribution is 7.85. The molecule has 1 N–H and O–H groups in total. The van der Waals surface area contributed by atoms with Crippen LogP contribution in [0.4, 0.5) is 23.8 Å². The normalized spacial score (nSPS) is 14.8. The van der Waals surface area contributed by atoms with Gasteiger partial charge >= 0.3 is 6.18 Å². The average molecular weight is 438 g/mol. The number of alkyl halides is 3. The molecule has 0 radical (unpaired) electrons. The van der Waals surface area contributed by atoms with Gasteiger partial charge < -0.3 is 4.90 Å². The maximum absolute atomic E-state index is 13.2.